The third kappa shape index (κ3) is 1.96. The summed E-state index contributed by atoms with van der Waals surface area (Å²) in [6, 6.07) is 15.5. The highest BCUT2D eigenvalue weighted by Crippen LogP contribution is 2.23. The molecule has 0 bridgehead atoms. The van der Waals surface area contributed by atoms with E-state index in [0.717, 1.165) is 28.0 Å². The van der Waals surface area contributed by atoms with Crippen molar-refractivity contribution in [3.63, 3.8) is 0 Å². The Labute approximate surface area is 104 Å². The second-order valence-electron chi connectivity index (χ2n) is 4.03. The van der Waals surface area contributed by atoms with Crippen LogP contribution in [-0.4, -0.2) is 10.2 Å². The molecule has 2 aromatic carbocycles. The Balaban J connectivity index is 2.02. The number of benzene rings is 2. The molecule has 3 rings (SSSR count). The summed E-state index contributed by atoms with van der Waals surface area (Å²) in [6.45, 7) is 0. The molecule has 3 N–H and O–H groups in total. The maximum atomic E-state index is 5.65. The van der Waals surface area contributed by atoms with Crippen molar-refractivity contribution >= 4 is 28.0 Å². The monoisotopic (exact) mass is 236 g/mol. The van der Waals surface area contributed by atoms with Crippen LogP contribution in [0.4, 0.5) is 17.2 Å². The molecule has 4 nitrogen and oxygen atoms in total. The number of anilines is 3. The average Bonchev–Trinajstić information content (AvgIpc) is 2.42. The highest BCUT2D eigenvalue weighted by atomic mass is 15.2. The van der Waals surface area contributed by atoms with Gasteiger partial charge in [0.15, 0.2) is 5.82 Å². The number of hydrogen-bond donors (Lipinski definition) is 2. The first kappa shape index (κ1) is 10.5. The van der Waals surface area contributed by atoms with E-state index in [1.807, 2.05) is 48.5 Å². The van der Waals surface area contributed by atoms with E-state index in [9.17, 15) is 0 Å². The van der Waals surface area contributed by atoms with Crippen molar-refractivity contribution in [2.24, 2.45) is 0 Å². The zero-order valence-corrected chi connectivity index (χ0v) is 9.67. The molecule has 0 atom stereocenters. The minimum absolute atomic E-state index is 0.740. The van der Waals surface area contributed by atoms with Crippen molar-refractivity contribution in [1.82, 2.24) is 10.2 Å². The SMILES string of the molecule is Nc1ccc(Nc2nncc3ccccc23)cc1. The number of nitrogens with one attached hydrogen (secondary N) is 1. The summed E-state index contributed by atoms with van der Waals surface area (Å²) < 4.78 is 0. The van der Waals surface area contributed by atoms with Crippen molar-refractivity contribution in [2.75, 3.05) is 11.1 Å². The van der Waals surface area contributed by atoms with Crippen LogP contribution in [0.3, 0.4) is 0 Å². The number of aromatic nitrogens is 2. The minimum Gasteiger partial charge on any atom is -0.399 e. The van der Waals surface area contributed by atoms with Gasteiger partial charge in [-0.05, 0) is 24.3 Å². The van der Waals surface area contributed by atoms with Gasteiger partial charge in [-0.3, -0.25) is 0 Å². The van der Waals surface area contributed by atoms with Crippen LogP contribution in [0.1, 0.15) is 0 Å². The number of nitrogens with two attached hydrogens (primary N) is 1. The van der Waals surface area contributed by atoms with Gasteiger partial charge in [-0.15, -0.1) is 5.10 Å². The van der Waals surface area contributed by atoms with Crippen molar-refractivity contribution in [3.05, 3.63) is 54.7 Å². The molecule has 0 amide bonds. The molecule has 18 heavy (non-hydrogen) atoms. The smallest absolute Gasteiger partial charge is 0.160 e. The summed E-state index contributed by atoms with van der Waals surface area (Å²) in [5.41, 5.74) is 7.33. The number of nitrogen functional groups attached to an aromatic ring is 1. The van der Waals surface area contributed by atoms with E-state index in [1.54, 1.807) is 6.20 Å². The Morgan fingerprint density at radius 1 is 0.944 bits per heavy atom. The van der Waals surface area contributed by atoms with Crippen LogP contribution >= 0.6 is 0 Å². The van der Waals surface area contributed by atoms with Gasteiger partial charge in [0, 0.05) is 22.1 Å². The molecule has 0 radical (unpaired) electrons. The lowest BCUT2D eigenvalue weighted by atomic mass is 10.2. The summed E-state index contributed by atoms with van der Waals surface area (Å²) in [5.74, 6) is 0.748. The Morgan fingerprint density at radius 2 is 1.72 bits per heavy atom. The van der Waals surface area contributed by atoms with E-state index < -0.39 is 0 Å². The first-order chi connectivity index (χ1) is 8.83. The molecule has 1 heterocycles. The van der Waals surface area contributed by atoms with Crippen LogP contribution in [0.2, 0.25) is 0 Å². The van der Waals surface area contributed by atoms with Crippen molar-refractivity contribution in [3.8, 4) is 0 Å². The van der Waals surface area contributed by atoms with Gasteiger partial charge in [-0.1, -0.05) is 24.3 Å². The highest BCUT2D eigenvalue weighted by Gasteiger charge is 2.02. The van der Waals surface area contributed by atoms with Gasteiger partial charge in [-0.2, -0.15) is 5.10 Å². The number of rotatable bonds is 2. The summed E-state index contributed by atoms with van der Waals surface area (Å²) in [5, 5.41) is 13.5. The largest absolute Gasteiger partial charge is 0.399 e. The van der Waals surface area contributed by atoms with Crippen molar-refractivity contribution in [2.45, 2.75) is 0 Å². The lowest BCUT2D eigenvalue weighted by Gasteiger charge is -2.07. The Kier molecular flexibility index (Phi) is 2.53. The predicted octanol–water partition coefficient (Wildman–Crippen LogP) is 2.96. The second kappa shape index (κ2) is 4.33. The lowest BCUT2D eigenvalue weighted by molar-refractivity contribution is 1.05. The first-order valence-electron chi connectivity index (χ1n) is 5.66. The minimum atomic E-state index is 0.740. The number of nitrogens with zero attached hydrogens (tertiary/aromatic N) is 2. The molecule has 0 aliphatic heterocycles. The van der Waals surface area contributed by atoms with E-state index in [1.165, 1.54) is 0 Å². The van der Waals surface area contributed by atoms with E-state index in [0.29, 0.717) is 0 Å². The Hall–Kier alpha value is -2.62. The third-order valence-corrected chi connectivity index (χ3v) is 2.74. The van der Waals surface area contributed by atoms with Crippen LogP contribution in [0, 0.1) is 0 Å². The average molecular weight is 236 g/mol. The molecular weight excluding hydrogens is 224 g/mol. The van der Waals surface area contributed by atoms with Gasteiger partial charge in [0.2, 0.25) is 0 Å². The molecule has 0 unspecified atom stereocenters. The maximum Gasteiger partial charge on any atom is 0.160 e. The zero-order chi connectivity index (χ0) is 12.4. The van der Waals surface area contributed by atoms with Gasteiger partial charge in [0.25, 0.3) is 0 Å². The van der Waals surface area contributed by atoms with Crippen LogP contribution in [0.15, 0.2) is 54.7 Å². The summed E-state index contributed by atoms with van der Waals surface area (Å²) in [6.07, 6.45) is 1.75. The second-order valence-corrected chi connectivity index (χ2v) is 4.03. The van der Waals surface area contributed by atoms with E-state index in [2.05, 4.69) is 15.5 Å². The van der Waals surface area contributed by atoms with Crippen LogP contribution in [0.25, 0.3) is 10.8 Å². The molecule has 0 saturated heterocycles. The Bertz CT molecular complexity index is 671. The summed E-state index contributed by atoms with van der Waals surface area (Å²) >= 11 is 0. The maximum absolute atomic E-state index is 5.65. The normalized spacial score (nSPS) is 10.4. The molecule has 0 fully saturated rings. The molecule has 88 valence electrons. The first-order valence-corrected chi connectivity index (χ1v) is 5.66. The molecule has 4 heteroatoms. The fraction of sp³-hybridized carbons (Fsp3) is 0. The fourth-order valence-electron chi connectivity index (χ4n) is 1.82. The molecular formula is C14H12N4. The third-order valence-electron chi connectivity index (χ3n) is 2.74. The Morgan fingerprint density at radius 3 is 2.56 bits per heavy atom. The molecule has 0 spiro atoms. The van der Waals surface area contributed by atoms with Gasteiger partial charge in [0.1, 0.15) is 0 Å². The van der Waals surface area contributed by atoms with Crippen LogP contribution in [-0.2, 0) is 0 Å². The standard InChI is InChI=1S/C14H12N4/c15-11-5-7-12(8-6-11)17-14-13-4-2-1-3-10(13)9-16-18-14/h1-9H,15H2,(H,17,18). The van der Waals surface area contributed by atoms with Gasteiger partial charge in [0.05, 0.1) is 6.20 Å². The van der Waals surface area contributed by atoms with Crippen molar-refractivity contribution in [1.29, 1.82) is 0 Å². The zero-order valence-electron chi connectivity index (χ0n) is 9.67. The lowest BCUT2D eigenvalue weighted by Crippen LogP contribution is -1.96. The van der Waals surface area contributed by atoms with Crippen LogP contribution in [0.5, 0.6) is 0 Å². The van der Waals surface area contributed by atoms with Crippen LogP contribution < -0.4 is 11.1 Å². The quantitative estimate of drug-likeness (QED) is 0.671. The number of hydrogen-bond acceptors (Lipinski definition) is 4. The fourth-order valence-corrected chi connectivity index (χ4v) is 1.82. The van der Waals surface area contributed by atoms with Gasteiger partial charge < -0.3 is 11.1 Å². The predicted molar refractivity (Wildman–Crippen MR) is 73.7 cm³/mol. The number of fused-ring (bicyclic) bond motifs is 1. The summed E-state index contributed by atoms with van der Waals surface area (Å²) in [7, 11) is 0. The topological polar surface area (TPSA) is 63.8 Å². The molecule has 0 saturated carbocycles. The molecule has 1 aromatic heterocycles. The van der Waals surface area contributed by atoms with E-state index in [-0.39, 0.29) is 0 Å². The van der Waals surface area contributed by atoms with Gasteiger partial charge >= 0.3 is 0 Å². The van der Waals surface area contributed by atoms with Gasteiger partial charge in [-0.25, -0.2) is 0 Å². The summed E-state index contributed by atoms with van der Waals surface area (Å²) in [4.78, 5) is 0. The highest BCUT2D eigenvalue weighted by molar-refractivity contribution is 5.92. The molecule has 0 aliphatic carbocycles. The van der Waals surface area contributed by atoms with Crippen molar-refractivity contribution < 1.29 is 0 Å². The molecule has 0 aliphatic rings. The van der Waals surface area contributed by atoms with E-state index in [4.69, 9.17) is 5.73 Å². The molecule has 3 aromatic rings. The van der Waals surface area contributed by atoms with E-state index >= 15 is 0 Å².